The summed E-state index contributed by atoms with van der Waals surface area (Å²) in [4.78, 5) is 36.9. The van der Waals surface area contributed by atoms with Gasteiger partial charge in [0.1, 0.15) is 15.4 Å². The van der Waals surface area contributed by atoms with Gasteiger partial charge in [-0.15, -0.1) is 0 Å². The molecular formula is C34H40F9N2NaO6S. The van der Waals surface area contributed by atoms with Crippen LogP contribution in [0, 0.1) is 59.3 Å². The summed E-state index contributed by atoms with van der Waals surface area (Å²) < 4.78 is 145. The van der Waals surface area contributed by atoms with Crippen molar-refractivity contribution in [2.45, 2.75) is 110 Å². The number of hydrogen-bond donors (Lipinski definition) is 0. The molecule has 0 saturated carbocycles. The Morgan fingerprint density at radius 1 is 0.660 bits per heavy atom. The number of hydrogen-bond acceptors (Lipinski definition) is 6. The van der Waals surface area contributed by atoms with Crippen LogP contribution in [0.5, 0.6) is 0 Å². The second-order valence-electron chi connectivity index (χ2n) is 14.7. The molecule has 2 aromatic rings. The molecule has 2 aliphatic rings. The number of likely N-dealkylation sites (tertiary alicyclic amines) is 2. The average Bonchev–Trinajstić information content (AvgIpc) is 3.51. The maximum absolute atomic E-state index is 13.2. The first-order valence-electron chi connectivity index (χ1n) is 15.3. The molecule has 2 fully saturated rings. The van der Waals surface area contributed by atoms with Crippen molar-refractivity contribution in [3.8, 4) is 0 Å². The topological polar surface area (TPSA) is 115 Å². The number of imide groups is 1. The molecule has 1 atom stereocenters. The predicted octanol–water partition coefficient (Wildman–Crippen LogP) is 4.61. The van der Waals surface area contributed by atoms with Gasteiger partial charge < -0.3 is 9.45 Å². The van der Waals surface area contributed by atoms with E-state index in [1.165, 1.54) is 0 Å². The van der Waals surface area contributed by atoms with Crippen molar-refractivity contribution >= 4 is 27.8 Å². The minimum absolute atomic E-state index is 0. The largest absolute Gasteiger partial charge is 1.00 e. The van der Waals surface area contributed by atoms with Crippen molar-refractivity contribution in [2.75, 3.05) is 0 Å². The van der Waals surface area contributed by atoms with Crippen LogP contribution in [0.4, 0.5) is 39.5 Å². The van der Waals surface area contributed by atoms with Gasteiger partial charge in [-0.3, -0.25) is 19.3 Å². The standard InChI is InChI=1S/C10H10F4.C9H15NO.C8H13NO5S.C7H3F5.Na/c1-10(2,3)5-4-6(11)8(13)9(14)7(5)12;1-7-5-6-8(11)10(7)9(2,3)4;1-8(2,3)9-6(10)4-5(7(9)11)15(12,13)14;1-2-3(8)5(10)7(12)6(11)4(2)9;/h4H,1-3H3;1,5-6H2,2-4H3;5H,4H2,1-3H3,(H,12,13,14);1H3;/q;;;;+1/p-1. The number of benzene rings is 2. The van der Waals surface area contributed by atoms with Gasteiger partial charge in [0.25, 0.3) is 0 Å². The molecule has 0 N–H and O–H groups in total. The Morgan fingerprint density at radius 3 is 1.34 bits per heavy atom. The van der Waals surface area contributed by atoms with Gasteiger partial charge in [0.15, 0.2) is 46.5 Å². The third-order valence-electron chi connectivity index (χ3n) is 7.33. The molecule has 0 aliphatic carbocycles. The van der Waals surface area contributed by atoms with E-state index in [1.807, 2.05) is 20.8 Å². The molecule has 0 spiro atoms. The zero-order valence-corrected chi connectivity index (χ0v) is 34.0. The van der Waals surface area contributed by atoms with E-state index in [4.69, 9.17) is 0 Å². The Hall–Kier alpha value is -2.93. The second kappa shape index (κ2) is 18.1. The monoisotopic (exact) mass is 798 g/mol. The number of allylic oxidation sites excluding steroid dienone is 1. The molecule has 1 unspecified atom stereocenters. The molecule has 0 radical (unpaired) electrons. The normalized spacial score (nSPS) is 16.3. The van der Waals surface area contributed by atoms with E-state index >= 15 is 0 Å². The van der Waals surface area contributed by atoms with E-state index < -0.39 is 102 Å². The fraction of sp³-hybridized carbons (Fsp3) is 0.500. The molecule has 2 aliphatic heterocycles. The first kappa shape index (κ1) is 50.1. The van der Waals surface area contributed by atoms with Gasteiger partial charge in [0.05, 0.1) is 6.42 Å². The Balaban J connectivity index is 0.000000680. The van der Waals surface area contributed by atoms with Crippen LogP contribution in [0.2, 0.25) is 0 Å². The van der Waals surface area contributed by atoms with E-state index in [2.05, 4.69) is 6.58 Å². The number of amides is 3. The van der Waals surface area contributed by atoms with E-state index in [9.17, 15) is 66.9 Å². The first-order valence-corrected chi connectivity index (χ1v) is 16.8. The van der Waals surface area contributed by atoms with Crippen LogP contribution in [0.3, 0.4) is 0 Å². The summed E-state index contributed by atoms with van der Waals surface area (Å²) in [6.45, 7) is 20.3. The summed E-state index contributed by atoms with van der Waals surface area (Å²) in [6, 6.07) is 0.688. The van der Waals surface area contributed by atoms with Crippen LogP contribution in [-0.2, 0) is 29.9 Å². The summed E-state index contributed by atoms with van der Waals surface area (Å²) >= 11 is 0. The van der Waals surface area contributed by atoms with Crippen molar-refractivity contribution in [3.05, 3.63) is 81.8 Å². The van der Waals surface area contributed by atoms with Gasteiger partial charge in [-0.1, -0.05) is 27.4 Å². The molecule has 8 nitrogen and oxygen atoms in total. The van der Waals surface area contributed by atoms with Crippen LogP contribution < -0.4 is 29.6 Å². The molecule has 3 amide bonds. The van der Waals surface area contributed by atoms with Crippen molar-refractivity contribution in [1.29, 1.82) is 0 Å². The fourth-order valence-corrected chi connectivity index (χ4v) is 5.57. The maximum atomic E-state index is 13.2. The van der Waals surface area contributed by atoms with Gasteiger partial charge in [0.2, 0.25) is 23.5 Å². The maximum Gasteiger partial charge on any atom is 1.00 e. The molecule has 292 valence electrons. The SMILES string of the molecule is C=C1CCC(=O)N1C(C)(C)C.CC(C)(C)N1C(=O)CC(S(=O)(=O)[O-])C1=O.CC(C)(C)c1cc(F)c(F)c(F)c1F.Cc1c(F)c(F)c(F)c(F)c1F.[Na+]. The van der Waals surface area contributed by atoms with E-state index in [0.717, 1.165) is 23.9 Å². The molecule has 2 heterocycles. The summed E-state index contributed by atoms with van der Waals surface area (Å²) in [5, 5.41) is -1.75. The van der Waals surface area contributed by atoms with Crippen LogP contribution in [0.25, 0.3) is 0 Å². The zero-order chi connectivity index (χ0) is 41.2. The number of carbonyl (C=O) groups is 3. The predicted molar refractivity (Wildman–Crippen MR) is 171 cm³/mol. The third kappa shape index (κ3) is 12.3. The molecule has 0 bridgehead atoms. The van der Waals surface area contributed by atoms with E-state index in [1.54, 1.807) is 46.4 Å². The van der Waals surface area contributed by atoms with Crippen molar-refractivity contribution < 1.29 is 96.4 Å². The average molecular weight is 799 g/mol. The van der Waals surface area contributed by atoms with Crippen LogP contribution in [-0.4, -0.2) is 56.8 Å². The van der Waals surface area contributed by atoms with Crippen LogP contribution in [0.15, 0.2) is 18.3 Å². The molecule has 4 rings (SSSR count). The zero-order valence-electron chi connectivity index (χ0n) is 31.1. The molecule has 19 heteroatoms. The van der Waals surface area contributed by atoms with Crippen molar-refractivity contribution in [3.63, 3.8) is 0 Å². The molecular weight excluding hydrogens is 758 g/mol. The summed E-state index contributed by atoms with van der Waals surface area (Å²) in [5.74, 6) is -17.1. The second-order valence-corrected chi connectivity index (χ2v) is 16.2. The van der Waals surface area contributed by atoms with Gasteiger partial charge >= 0.3 is 29.6 Å². The number of carbonyl (C=O) groups excluding carboxylic acids is 3. The van der Waals surface area contributed by atoms with Gasteiger partial charge in [-0.05, 0) is 71.9 Å². The third-order valence-corrected chi connectivity index (χ3v) is 8.39. The minimum Gasteiger partial charge on any atom is -0.747 e. The Kier molecular flexibility index (Phi) is 17.1. The number of halogens is 9. The van der Waals surface area contributed by atoms with Crippen molar-refractivity contribution in [1.82, 2.24) is 9.80 Å². The summed E-state index contributed by atoms with van der Waals surface area (Å²) in [6.07, 6.45) is 0.925. The number of nitrogens with zero attached hydrogens (tertiary/aromatic N) is 2. The number of rotatable bonds is 1. The van der Waals surface area contributed by atoms with E-state index in [-0.39, 0.29) is 46.6 Å². The van der Waals surface area contributed by atoms with Gasteiger partial charge in [-0.25, -0.2) is 47.9 Å². The molecule has 2 saturated heterocycles. The quantitative estimate of drug-likeness (QED) is 0.104. The fourth-order valence-electron chi connectivity index (χ4n) is 4.87. The summed E-state index contributed by atoms with van der Waals surface area (Å²) in [7, 11) is -4.74. The Labute approximate surface area is 324 Å². The molecule has 53 heavy (non-hydrogen) atoms. The Morgan fingerprint density at radius 2 is 1.06 bits per heavy atom. The van der Waals surface area contributed by atoms with Crippen molar-refractivity contribution in [2.24, 2.45) is 0 Å². The summed E-state index contributed by atoms with van der Waals surface area (Å²) in [5.41, 5.74) is -1.74. The van der Waals surface area contributed by atoms with Gasteiger partial charge in [-0.2, -0.15) is 0 Å². The van der Waals surface area contributed by atoms with Crippen LogP contribution >= 0.6 is 0 Å². The minimum atomic E-state index is -4.74. The van der Waals surface area contributed by atoms with Gasteiger partial charge in [0, 0.05) is 28.8 Å². The van der Waals surface area contributed by atoms with E-state index in [0.29, 0.717) is 12.5 Å². The smallest absolute Gasteiger partial charge is 0.747 e. The Bertz CT molecular complexity index is 1730. The molecule has 2 aromatic carbocycles. The van der Waals surface area contributed by atoms with Crippen LogP contribution in [0.1, 0.15) is 92.7 Å². The first-order chi connectivity index (χ1) is 23.2. The molecule has 0 aromatic heterocycles.